The fourth-order valence-corrected chi connectivity index (χ4v) is 2.11. The van der Waals surface area contributed by atoms with E-state index in [9.17, 15) is 9.18 Å². The first-order valence-electron chi connectivity index (χ1n) is 5.04. The maximum absolute atomic E-state index is 13.6. The highest BCUT2D eigenvalue weighted by Gasteiger charge is 2.38. The number of benzene rings is 1. The normalized spacial score (nSPS) is 19.7. The lowest BCUT2D eigenvalue weighted by molar-refractivity contribution is -0.116. The zero-order chi connectivity index (χ0) is 11.1. The van der Waals surface area contributed by atoms with Crippen molar-refractivity contribution >= 4 is 11.5 Å². The van der Waals surface area contributed by atoms with Crippen molar-refractivity contribution in [2.24, 2.45) is 0 Å². The van der Waals surface area contributed by atoms with Gasteiger partial charge in [-0.1, -0.05) is 12.1 Å². The molecule has 0 aliphatic carbocycles. The first-order valence-corrected chi connectivity index (χ1v) is 5.04. The van der Waals surface area contributed by atoms with Gasteiger partial charge in [-0.3, -0.25) is 4.79 Å². The fourth-order valence-electron chi connectivity index (χ4n) is 2.11. The van der Waals surface area contributed by atoms with E-state index >= 15 is 0 Å². The summed E-state index contributed by atoms with van der Waals surface area (Å²) < 4.78 is 13.6. The Kier molecular flexibility index (Phi) is 2.25. The van der Waals surface area contributed by atoms with Gasteiger partial charge in [-0.2, -0.15) is 0 Å². The van der Waals surface area contributed by atoms with E-state index in [0.29, 0.717) is 18.7 Å². The molecule has 1 aliphatic heterocycles. The van der Waals surface area contributed by atoms with Crippen LogP contribution in [-0.2, 0) is 4.79 Å². The summed E-state index contributed by atoms with van der Waals surface area (Å²) in [6, 6.07) is 6.59. The highest BCUT2D eigenvalue weighted by Crippen LogP contribution is 2.33. The molecule has 1 aliphatic rings. The molecule has 0 N–H and O–H groups in total. The molecule has 0 atom stereocenters. The minimum Gasteiger partial charge on any atom is -0.356 e. The van der Waals surface area contributed by atoms with Crippen molar-refractivity contribution in [1.29, 1.82) is 0 Å². The molecule has 80 valence electrons. The molecule has 0 saturated carbocycles. The van der Waals surface area contributed by atoms with Crippen molar-refractivity contribution in [3.8, 4) is 0 Å². The molecule has 1 saturated heterocycles. The first kappa shape index (κ1) is 10.1. The Morgan fingerprint density at radius 1 is 1.33 bits per heavy atom. The molecule has 0 aromatic heterocycles. The third-order valence-electron chi connectivity index (χ3n) is 2.84. The second-order valence-electron chi connectivity index (χ2n) is 4.57. The summed E-state index contributed by atoms with van der Waals surface area (Å²) in [4.78, 5) is 13.2. The van der Waals surface area contributed by atoms with Crippen LogP contribution in [0.1, 0.15) is 20.3 Å². The van der Waals surface area contributed by atoms with Gasteiger partial charge in [-0.05, 0) is 26.0 Å². The van der Waals surface area contributed by atoms with Crippen molar-refractivity contribution in [3.63, 3.8) is 0 Å². The molecule has 0 radical (unpaired) electrons. The second kappa shape index (κ2) is 3.33. The number of para-hydroxylation sites is 1. The van der Waals surface area contributed by atoms with Crippen LogP contribution in [0.2, 0.25) is 0 Å². The first-order chi connectivity index (χ1) is 7.00. The lowest BCUT2D eigenvalue weighted by Crippen LogP contribution is -2.38. The molecule has 1 heterocycles. The summed E-state index contributed by atoms with van der Waals surface area (Å²) in [5.41, 5.74) is 0.243. The number of ketones is 1. The topological polar surface area (TPSA) is 20.3 Å². The van der Waals surface area contributed by atoms with E-state index in [1.54, 1.807) is 18.2 Å². The van der Waals surface area contributed by atoms with Crippen LogP contribution in [0.5, 0.6) is 0 Å². The molecule has 3 heteroatoms. The molecule has 2 nitrogen and oxygen atoms in total. The lowest BCUT2D eigenvalue weighted by Gasteiger charge is -2.32. The summed E-state index contributed by atoms with van der Waals surface area (Å²) in [6.07, 6.45) is 0.487. The Bertz CT molecular complexity index is 400. The summed E-state index contributed by atoms with van der Waals surface area (Å²) in [5, 5.41) is 0. The summed E-state index contributed by atoms with van der Waals surface area (Å²) in [6.45, 7) is 4.24. The quantitative estimate of drug-likeness (QED) is 0.704. The minimum atomic E-state index is -0.278. The number of halogens is 1. The molecular weight excluding hydrogens is 193 g/mol. The van der Waals surface area contributed by atoms with Crippen LogP contribution >= 0.6 is 0 Å². The molecule has 0 amide bonds. The van der Waals surface area contributed by atoms with Crippen molar-refractivity contribution < 1.29 is 9.18 Å². The highest BCUT2D eigenvalue weighted by molar-refractivity contribution is 5.89. The number of rotatable bonds is 1. The predicted octanol–water partition coefficient (Wildman–Crippen LogP) is 2.38. The number of carbonyl (C=O) groups is 1. The largest absolute Gasteiger partial charge is 0.356 e. The van der Waals surface area contributed by atoms with Gasteiger partial charge in [0.25, 0.3) is 0 Å². The minimum absolute atomic E-state index is 0.170. The van der Waals surface area contributed by atoms with Crippen LogP contribution in [0.15, 0.2) is 24.3 Å². The maximum atomic E-state index is 13.6. The van der Waals surface area contributed by atoms with Gasteiger partial charge in [0.05, 0.1) is 12.2 Å². The molecule has 1 fully saturated rings. The highest BCUT2D eigenvalue weighted by atomic mass is 19.1. The molecule has 15 heavy (non-hydrogen) atoms. The summed E-state index contributed by atoms with van der Waals surface area (Å²) in [5.74, 6) is -0.0940. The van der Waals surface area contributed by atoms with Gasteiger partial charge in [0.15, 0.2) is 5.78 Å². The molecular formula is C12H14FNO. The van der Waals surface area contributed by atoms with Crippen LogP contribution in [0.4, 0.5) is 10.1 Å². The average molecular weight is 207 g/mol. The molecule has 1 aromatic rings. The van der Waals surface area contributed by atoms with E-state index in [0.717, 1.165) is 0 Å². The van der Waals surface area contributed by atoms with E-state index in [4.69, 9.17) is 0 Å². The van der Waals surface area contributed by atoms with E-state index in [2.05, 4.69) is 0 Å². The molecule has 1 aromatic carbocycles. The van der Waals surface area contributed by atoms with Gasteiger partial charge in [0.1, 0.15) is 5.82 Å². The SMILES string of the molecule is CC1(C)CC(=O)CN1c1ccccc1F. The molecule has 0 spiro atoms. The van der Waals surface area contributed by atoms with Crippen molar-refractivity contribution in [2.75, 3.05) is 11.4 Å². The smallest absolute Gasteiger partial charge is 0.154 e. The zero-order valence-electron chi connectivity index (χ0n) is 8.96. The standard InChI is InChI=1S/C12H14FNO/c1-12(2)7-9(15)8-14(12)11-6-4-3-5-10(11)13/h3-6H,7-8H2,1-2H3. The van der Waals surface area contributed by atoms with E-state index < -0.39 is 0 Å². The van der Waals surface area contributed by atoms with Gasteiger partial charge in [0, 0.05) is 12.0 Å². The van der Waals surface area contributed by atoms with Gasteiger partial charge in [-0.15, -0.1) is 0 Å². The average Bonchev–Trinajstić information content (AvgIpc) is 2.40. The van der Waals surface area contributed by atoms with Crippen molar-refractivity contribution in [3.05, 3.63) is 30.1 Å². The third kappa shape index (κ3) is 1.74. The van der Waals surface area contributed by atoms with Crippen LogP contribution in [0.25, 0.3) is 0 Å². The van der Waals surface area contributed by atoms with Gasteiger partial charge in [-0.25, -0.2) is 4.39 Å². The number of Topliss-reactive ketones (excluding diaryl/α,β-unsaturated/α-hetero) is 1. The Morgan fingerprint density at radius 2 is 2.00 bits per heavy atom. The number of anilines is 1. The Hall–Kier alpha value is -1.38. The monoisotopic (exact) mass is 207 g/mol. The van der Waals surface area contributed by atoms with Crippen molar-refractivity contribution in [1.82, 2.24) is 0 Å². The lowest BCUT2D eigenvalue weighted by atomic mass is 10.0. The van der Waals surface area contributed by atoms with Gasteiger partial charge < -0.3 is 4.90 Å². The Labute approximate surface area is 88.7 Å². The Balaban J connectivity index is 2.40. The van der Waals surface area contributed by atoms with Crippen molar-refractivity contribution in [2.45, 2.75) is 25.8 Å². The molecule has 2 rings (SSSR count). The van der Waals surface area contributed by atoms with E-state index in [1.807, 2.05) is 18.7 Å². The number of hydrogen-bond donors (Lipinski definition) is 0. The van der Waals surface area contributed by atoms with Crippen LogP contribution < -0.4 is 4.90 Å². The maximum Gasteiger partial charge on any atom is 0.154 e. The van der Waals surface area contributed by atoms with Crippen LogP contribution in [0.3, 0.4) is 0 Å². The summed E-state index contributed by atoms with van der Waals surface area (Å²) >= 11 is 0. The molecule has 0 unspecified atom stereocenters. The number of hydrogen-bond acceptors (Lipinski definition) is 2. The second-order valence-corrected chi connectivity index (χ2v) is 4.57. The van der Waals surface area contributed by atoms with Gasteiger partial charge >= 0.3 is 0 Å². The van der Waals surface area contributed by atoms with Gasteiger partial charge in [0.2, 0.25) is 0 Å². The number of carbonyl (C=O) groups excluding carboxylic acids is 1. The van der Waals surface area contributed by atoms with Crippen LogP contribution in [-0.4, -0.2) is 17.9 Å². The summed E-state index contributed by atoms with van der Waals surface area (Å²) in [7, 11) is 0. The zero-order valence-corrected chi connectivity index (χ0v) is 8.96. The van der Waals surface area contributed by atoms with Crippen LogP contribution in [0, 0.1) is 5.82 Å². The molecule has 0 bridgehead atoms. The third-order valence-corrected chi connectivity index (χ3v) is 2.84. The number of nitrogens with zero attached hydrogens (tertiary/aromatic N) is 1. The fraction of sp³-hybridized carbons (Fsp3) is 0.417. The predicted molar refractivity (Wildman–Crippen MR) is 57.4 cm³/mol. The Morgan fingerprint density at radius 3 is 2.53 bits per heavy atom. The van der Waals surface area contributed by atoms with E-state index in [-0.39, 0.29) is 17.1 Å². The van der Waals surface area contributed by atoms with E-state index in [1.165, 1.54) is 6.07 Å².